The summed E-state index contributed by atoms with van der Waals surface area (Å²) >= 11 is 0. The summed E-state index contributed by atoms with van der Waals surface area (Å²) in [4.78, 5) is 25.7. The number of nitrogens with zero attached hydrogens (tertiary/aromatic N) is 3. The summed E-state index contributed by atoms with van der Waals surface area (Å²) in [7, 11) is -1.27. The lowest BCUT2D eigenvalue weighted by molar-refractivity contribution is 0.0824. The van der Waals surface area contributed by atoms with E-state index in [0.29, 0.717) is 11.5 Å². The highest BCUT2D eigenvalue weighted by Crippen LogP contribution is 2.35. The van der Waals surface area contributed by atoms with Gasteiger partial charge in [-0.3, -0.25) is 9.78 Å². The van der Waals surface area contributed by atoms with Crippen molar-refractivity contribution in [2.45, 2.75) is 53.4 Å². The van der Waals surface area contributed by atoms with E-state index in [1.54, 1.807) is 12.1 Å². The first kappa shape index (κ1) is 23.6. The number of hydrogen-bond acceptors (Lipinski definition) is 7. The van der Waals surface area contributed by atoms with Crippen LogP contribution >= 0.6 is 0 Å². The highest BCUT2D eigenvalue weighted by Gasteiger charge is 2.29. The minimum Gasteiger partial charge on any atom is -0.460 e. The molecule has 8 nitrogen and oxygen atoms in total. The molecule has 0 bridgehead atoms. The molecular formula is C23H31N5O3Si. The highest BCUT2D eigenvalue weighted by atomic mass is 28.3. The molecule has 9 heteroatoms. The fraction of sp³-hybridized carbons (Fsp3) is 0.391. The van der Waals surface area contributed by atoms with Crippen molar-refractivity contribution in [1.82, 2.24) is 20.3 Å². The number of carbonyl (C=O) groups excluding carboxylic acids is 1. The van der Waals surface area contributed by atoms with E-state index in [4.69, 9.17) is 19.6 Å². The van der Waals surface area contributed by atoms with E-state index in [0.717, 1.165) is 17.1 Å². The van der Waals surface area contributed by atoms with Gasteiger partial charge in [0.15, 0.2) is 14.8 Å². The third kappa shape index (κ3) is 6.01. The Morgan fingerprint density at radius 3 is 2.56 bits per heavy atom. The Kier molecular flexibility index (Phi) is 7.10. The second-order valence-electron chi connectivity index (χ2n) is 9.07. The van der Waals surface area contributed by atoms with Crippen molar-refractivity contribution >= 4 is 20.9 Å². The van der Waals surface area contributed by atoms with Crippen molar-refractivity contribution in [2.24, 2.45) is 5.41 Å². The van der Waals surface area contributed by atoms with Crippen LogP contribution in [0.5, 0.6) is 0 Å². The number of furan rings is 1. The third-order valence-corrected chi connectivity index (χ3v) is 5.51. The zero-order chi connectivity index (χ0) is 23.5. The minimum atomic E-state index is -1.27. The SMILES string of the molecule is Cc1ccc(-c2cc(C(=O)NCc3cccc(C(O[SiH](C)C)C(C)(C)C)n3)nc(N)n2)o1. The normalized spacial score (nSPS) is 12.7. The van der Waals surface area contributed by atoms with Crippen LogP contribution in [0, 0.1) is 12.3 Å². The second-order valence-corrected chi connectivity index (χ2v) is 11.4. The molecule has 3 heterocycles. The third-order valence-electron chi connectivity index (χ3n) is 4.69. The average Bonchev–Trinajstić information content (AvgIpc) is 3.15. The lowest BCUT2D eigenvalue weighted by Gasteiger charge is -2.32. The summed E-state index contributed by atoms with van der Waals surface area (Å²) < 4.78 is 11.9. The van der Waals surface area contributed by atoms with Crippen molar-refractivity contribution in [3.63, 3.8) is 0 Å². The number of amides is 1. The van der Waals surface area contributed by atoms with E-state index < -0.39 is 9.04 Å². The van der Waals surface area contributed by atoms with E-state index >= 15 is 0 Å². The Morgan fingerprint density at radius 2 is 1.94 bits per heavy atom. The Morgan fingerprint density at radius 1 is 1.19 bits per heavy atom. The molecular weight excluding hydrogens is 422 g/mol. The van der Waals surface area contributed by atoms with E-state index in [1.807, 2.05) is 31.2 Å². The van der Waals surface area contributed by atoms with Crippen molar-refractivity contribution in [3.8, 4) is 11.5 Å². The van der Waals surface area contributed by atoms with Crippen LogP contribution in [-0.4, -0.2) is 29.9 Å². The summed E-state index contributed by atoms with van der Waals surface area (Å²) in [5.41, 5.74) is 7.95. The molecule has 1 atom stereocenters. The molecule has 0 aliphatic rings. The van der Waals surface area contributed by atoms with Crippen molar-refractivity contribution in [3.05, 3.63) is 59.2 Å². The first-order valence-corrected chi connectivity index (χ1v) is 13.4. The van der Waals surface area contributed by atoms with Crippen LogP contribution in [0.2, 0.25) is 13.1 Å². The molecule has 0 aromatic carbocycles. The van der Waals surface area contributed by atoms with Gasteiger partial charge in [0.2, 0.25) is 5.95 Å². The fourth-order valence-corrected chi connectivity index (χ4v) is 4.37. The number of carbonyl (C=O) groups is 1. The first-order chi connectivity index (χ1) is 15.0. The van der Waals surface area contributed by atoms with Gasteiger partial charge in [-0.25, -0.2) is 9.97 Å². The van der Waals surface area contributed by atoms with Crippen LogP contribution in [0.25, 0.3) is 11.5 Å². The zero-order valence-electron chi connectivity index (χ0n) is 19.5. The number of pyridine rings is 1. The molecule has 0 spiro atoms. The minimum absolute atomic E-state index is 0.00449. The molecule has 0 aliphatic carbocycles. The van der Waals surface area contributed by atoms with Crippen molar-refractivity contribution in [2.75, 3.05) is 5.73 Å². The summed E-state index contributed by atoms with van der Waals surface area (Å²) in [6, 6.07) is 10.9. The Hall–Kier alpha value is -3.04. The average molecular weight is 454 g/mol. The summed E-state index contributed by atoms with van der Waals surface area (Å²) in [5, 5.41) is 2.86. The number of anilines is 1. The number of rotatable bonds is 7. The van der Waals surface area contributed by atoms with Gasteiger partial charge in [0.25, 0.3) is 5.91 Å². The van der Waals surface area contributed by atoms with Gasteiger partial charge >= 0.3 is 0 Å². The van der Waals surface area contributed by atoms with Gasteiger partial charge < -0.3 is 19.9 Å². The molecule has 1 amide bonds. The molecule has 170 valence electrons. The largest absolute Gasteiger partial charge is 0.460 e. The number of hydrogen-bond donors (Lipinski definition) is 2. The quantitative estimate of drug-likeness (QED) is 0.519. The van der Waals surface area contributed by atoms with Gasteiger partial charge in [-0.2, -0.15) is 0 Å². The standard InChI is InChI=1S/C23H31N5O3Si/c1-14-10-11-19(30-14)17-12-18(28-22(24)27-17)21(29)25-13-15-8-7-9-16(26-15)20(23(2,3)4)31-32(5)6/h7-12,20,32H,13H2,1-6H3,(H,25,29)(H2,24,27,28). The van der Waals surface area contributed by atoms with Crippen molar-refractivity contribution in [1.29, 1.82) is 0 Å². The molecule has 1 unspecified atom stereocenters. The van der Waals surface area contributed by atoms with E-state index in [2.05, 4.69) is 49.1 Å². The molecule has 0 radical (unpaired) electrons. The topological polar surface area (TPSA) is 116 Å². The fourth-order valence-electron chi connectivity index (χ4n) is 3.27. The van der Waals surface area contributed by atoms with Crippen LogP contribution in [-0.2, 0) is 11.0 Å². The maximum Gasteiger partial charge on any atom is 0.270 e. The number of aromatic nitrogens is 3. The molecule has 0 aliphatic heterocycles. The molecule has 0 fully saturated rings. The monoisotopic (exact) mass is 453 g/mol. The molecule has 3 N–H and O–H groups in total. The van der Waals surface area contributed by atoms with Gasteiger partial charge in [0.05, 0.1) is 24.0 Å². The summed E-state index contributed by atoms with van der Waals surface area (Å²) in [6.45, 7) is 12.8. The lowest BCUT2D eigenvalue weighted by atomic mass is 9.87. The predicted octanol–water partition coefficient (Wildman–Crippen LogP) is 4.04. The Bertz CT molecular complexity index is 1090. The molecule has 3 aromatic heterocycles. The maximum absolute atomic E-state index is 12.7. The molecule has 3 aromatic rings. The van der Waals surface area contributed by atoms with Gasteiger partial charge in [0, 0.05) is 0 Å². The van der Waals surface area contributed by atoms with E-state index in [-0.39, 0.29) is 35.6 Å². The zero-order valence-corrected chi connectivity index (χ0v) is 20.6. The molecule has 0 saturated carbocycles. The van der Waals surface area contributed by atoms with Crippen LogP contribution in [0.3, 0.4) is 0 Å². The van der Waals surface area contributed by atoms with Gasteiger partial charge in [-0.05, 0) is 55.8 Å². The van der Waals surface area contributed by atoms with E-state index in [1.165, 1.54) is 0 Å². The number of nitrogens with one attached hydrogen (secondary N) is 1. The molecule has 32 heavy (non-hydrogen) atoms. The maximum atomic E-state index is 12.7. The van der Waals surface area contributed by atoms with Gasteiger partial charge in [-0.15, -0.1) is 0 Å². The molecule has 3 rings (SSSR count). The summed E-state index contributed by atoms with van der Waals surface area (Å²) in [6.07, 6.45) is -0.106. The molecule has 0 saturated heterocycles. The van der Waals surface area contributed by atoms with Gasteiger partial charge in [-0.1, -0.05) is 26.8 Å². The predicted molar refractivity (Wildman–Crippen MR) is 126 cm³/mol. The number of nitrogens with two attached hydrogens (primary N) is 1. The number of aryl methyl sites for hydroxylation is 1. The van der Waals surface area contributed by atoms with Gasteiger partial charge in [0.1, 0.15) is 17.1 Å². The smallest absolute Gasteiger partial charge is 0.270 e. The lowest BCUT2D eigenvalue weighted by Crippen LogP contribution is -2.28. The highest BCUT2D eigenvalue weighted by molar-refractivity contribution is 6.48. The second kappa shape index (κ2) is 9.62. The van der Waals surface area contributed by atoms with E-state index in [9.17, 15) is 4.79 Å². The van der Waals surface area contributed by atoms with Crippen LogP contribution in [0.1, 0.15) is 54.5 Å². The summed E-state index contributed by atoms with van der Waals surface area (Å²) in [5.74, 6) is 0.910. The van der Waals surface area contributed by atoms with Crippen molar-refractivity contribution < 1.29 is 13.6 Å². The van der Waals surface area contributed by atoms with Crippen LogP contribution in [0.15, 0.2) is 40.8 Å². The van der Waals surface area contributed by atoms with Crippen LogP contribution < -0.4 is 11.1 Å². The number of nitrogen functional groups attached to an aromatic ring is 1. The first-order valence-electron chi connectivity index (χ1n) is 10.6. The Balaban J connectivity index is 1.75. The Labute approximate surface area is 190 Å². The van der Waals surface area contributed by atoms with Crippen LogP contribution in [0.4, 0.5) is 5.95 Å².